The van der Waals surface area contributed by atoms with Gasteiger partial charge in [0.05, 0.1) is 6.10 Å². The van der Waals surface area contributed by atoms with Gasteiger partial charge in [-0.1, -0.05) is 12.1 Å². The van der Waals surface area contributed by atoms with Crippen molar-refractivity contribution in [2.24, 2.45) is 0 Å². The SMILES string of the molecule is Cc1cccc(OC(C)C(=O)N[C@H](C(=O)O)[C@@H](C)O)c1. The number of ether oxygens (including phenoxy) is 1. The molecule has 0 aliphatic rings. The number of carbonyl (C=O) groups excluding carboxylic acids is 1. The molecule has 0 saturated heterocycles. The van der Waals surface area contributed by atoms with Crippen LogP contribution in [0, 0.1) is 6.92 Å². The molecule has 0 heterocycles. The van der Waals surface area contributed by atoms with E-state index in [1.165, 1.54) is 13.8 Å². The summed E-state index contributed by atoms with van der Waals surface area (Å²) in [5.74, 6) is -1.37. The van der Waals surface area contributed by atoms with Gasteiger partial charge in [0.2, 0.25) is 0 Å². The number of carbonyl (C=O) groups is 2. The Kier molecular flexibility index (Phi) is 5.52. The molecule has 6 nitrogen and oxygen atoms in total. The van der Waals surface area contributed by atoms with E-state index >= 15 is 0 Å². The van der Waals surface area contributed by atoms with Gasteiger partial charge in [-0.05, 0) is 38.5 Å². The number of carboxylic acids is 1. The molecular formula is C14H19NO5. The molecule has 1 rings (SSSR count). The summed E-state index contributed by atoms with van der Waals surface area (Å²) in [7, 11) is 0. The number of hydrogen-bond donors (Lipinski definition) is 3. The summed E-state index contributed by atoms with van der Waals surface area (Å²) in [6.45, 7) is 4.70. The van der Waals surface area contributed by atoms with Crippen molar-refractivity contribution in [1.29, 1.82) is 0 Å². The lowest BCUT2D eigenvalue weighted by molar-refractivity contribution is -0.145. The van der Waals surface area contributed by atoms with Gasteiger partial charge in [-0.15, -0.1) is 0 Å². The van der Waals surface area contributed by atoms with Gasteiger partial charge in [-0.25, -0.2) is 4.79 Å². The van der Waals surface area contributed by atoms with Gasteiger partial charge in [-0.2, -0.15) is 0 Å². The van der Waals surface area contributed by atoms with Crippen LogP contribution in [-0.2, 0) is 9.59 Å². The van der Waals surface area contributed by atoms with Crippen LogP contribution in [0.1, 0.15) is 19.4 Å². The van der Waals surface area contributed by atoms with Crippen molar-refractivity contribution in [3.8, 4) is 5.75 Å². The number of hydrogen-bond acceptors (Lipinski definition) is 4. The molecule has 1 unspecified atom stereocenters. The number of aliphatic hydroxyl groups is 1. The predicted molar refractivity (Wildman–Crippen MR) is 72.5 cm³/mol. The number of aliphatic carboxylic acids is 1. The van der Waals surface area contributed by atoms with Crippen molar-refractivity contribution >= 4 is 11.9 Å². The normalized spacial score (nSPS) is 15.0. The second-order valence-electron chi connectivity index (χ2n) is 4.64. The molecule has 0 spiro atoms. The molecule has 1 aromatic carbocycles. The van der Waals surface area contributed by atoms with Crippen LogP contribution in [0.2, 0.25) is 0 Å². The van der Waals surface area contributed by atoms with E-state index in [-0.39, 0.29) is 0 Å². The van der Waals surface area contributed by atoms with E-state index in [1.807, 2.05) is 13.0 Å². The maximum atomic E-state index is 11.8. The zero-order valence-electron chi connectivity index (χ0n) is 11.7. The van der Waals surface area contributed by atoms with Gasteiger partial charge in [0, 0.05) is 0 Å². The van der Waals surface area contributed by atoms with E-state index < -0.39 is 30.1 Å². The quantitative estimate of drug-likeness (QED) is 0.714. The third-order valence-electron chi connectivity index (χ3n) is 2.72. The highest BCUT2D eigenvalue weighted by Gasteiger charge is 2.27. The second-order valence-corrected chi connectivity index (χ2v) is 4.64. The maximum Gasteiger partial charge on any atom is 0.328 e. The van der Waals surface area contributed by atoms with Crippen molar-refractivity contribution < 1.29 is 24.5 Å². The van der Waals surface area contributed by atoms with Gasteiger partial charge in [-0.3, -0.25) is 4.79 Å². The Morgan fingerprint density at radius 2 is 1.95 bits per heavy atom. The van der Waals surface area contributed by atoms with E-state index in [2.05, 4.69) is 5.32 Å². The first-order valence-electron chi connectivity index (χ1n) is 6.26. The molecular weight excluding hydrogens is 262 g/mol. The van der Waals surface area contributed by atoms with Crippen molar-refractivity contribution in [3.63, 3.8) is 0 Å². The predicted octanol–water partition coefficient (Wildman–Crippen LogP) is 0.713. The largest absolute Gasteiger partial charge is 0.481 e. The van der Waals surface area contributed by atoms with Crippen LogP contribution in [-0.4, -0.2) is 40.3 Å². The minimum atomic E-state index is -1.36. The van der Waals surface area contributed by atoms with Gasteiger partial charge in [0.15, 0.2) is 12.1 Å². The van der Waals surface area contributed by atoms with Crippen molar-refractivity contribution in [3.05, 3.63) is 29.8 Å². The molecule has 1 amide bonds. The van der Waals surface area contributed by atoms with Crippen molar-refractivity contribution in [2.45, 2.75) is 39.0 Å². The highest BCUT2D eigenvalue weighted by atomic mass is 16.5. The molecule has 0 aliphatic heterocycles. The van der Waals surface area contributed by atoms with Crippen LogP contribution >= 0.6 is 0 Å². The van der Waals surface area contributed by atoms with Crippen molar-refractivity contribution in [2.75, 3.05) is 0 Å². The topological polar surface area (TPSA) is 95.9 Å². The molecule has 1 aromatic rings. The molecule has 0 bridgehead atoms. The average Bonchev–Trinajstić information content (AvgIpc) is 2.34. The van der Waals surface area contributed by atoms with Gasteiger partial charge in [0.25, 0.3) is 5.91 Å². The molecule has 3 N–H and O–H groups in total. The molecule has 0 saturated carbocycles. The van der Waals surface area contributed by atoms with E-state index in [4.69, 9.17) is 9.84 Å². The van der Waals surface area contributed by atoms with Gasteiger partial charge in [0.1, 0.15) is 5.75 Å². The Morgan fingerprint density at radius 1 is 1.30 bits per heavy atom. The lowest BCUT2D eigenvalue weighted by Crippen LogP contribution is -2.51. The first-order chi connectivity index (χ1) is 9.31. The first-order valence-corrected chi connectivity index (χ1v) is 6.26. The van der Waals surface area contributed by atoms with Crippen LogP contribution in [0.15, 0.2) is 24.3 Å². The number of aliphatic hydroxyl groups excluding tert-OH is 1. The monoisotopic (exact) mass is 281 g/mol. The zero-order valence-corrected chi connectivity index (χ0v) is 11.7. The third-order valence-corrected chi connectivity index (χ3v) is 2.72. The van der Waals surface area contributed by atoms with Crippen LogP contribution in [0.4, 0.5) is 0 Å². The fourth-order valence-corrected chi connectivity index (χ4v) is 1.61. The molecule has 20 heavy (non-hydrogen) atoms. The minimum absolute atomic E-state index is 0.525. The number of nitrogens with one attached hydrogen (secondary N) is 1. The number of amides is 1. The smallest absolute Gasteiger partial charge is 0.328 e. The summed E-state index contributed by atoms with van der Waals surface area (Å²) in [5.41, 5.74) is 0.988. The molecule has 110 valence electrons. The van der Waals surface area contributed by atoms with E-state index in [9.17, 15) is 14.7 Å². The summed E-state index contributed by atoms with van der Waals surface area (Å²) in [4.78, 5) is 22.7. The number of rotatable bonds is 6. The molecule has 6 heteroatoms. The number of aryl methyl sites for hydroxylation is 1. The van der Waals surface area contributed by atoms with Crippen LogP contribution in [0.3, 0.4) is 0 Å². The fraction of sp³-hybridized carbons (Fsp3) is 0.429. The lowest BCUT2D eigenvalue weighted by Gasteiger charge is -2.20. The Hall–Kier alpha value is -2.08. The lowest BCUT2D eigenvalue weighted by atomic mass is 10.2. The Labute approximate surface area is 117 Å². The standard InChI is InChI=1S/C14H19NO5/c1-8-5-4-6-11(7-8)20-10(3)13(17)15-12(9(2)16)14(18)19/h4-7,9-10,12,16H,1-3H3,(H,15,17)(H,18,19)/t9-,10?,12+/m1/s1. The summed E-state index contributed by atoms with van der Waals surface area (Å²) in [6, 6.07) is 5.82. The van der Waals surface area contributed by atoms with E-state index in [0.717, 1.165) is 5.56 Å². The Bertz CT molecular complexity index is 486. The molecule has 0 fully saturated rings. The average molecular weight is 281 g/mol. The van der Waals surface area contributed by atoms with Crippen LogP contribution < -0.4 is 10.1 Å². The molecule has 0 aliphatic carbocycles. The number of benzene rings is 1. The van der Waals surface area contributed by atoms with Gasteiger partial charge >= 0.3 is 5.97 Å². The highest BCUT2D eigenvalue weighted by Crippen LogP contribution is 2.14. The highest BCUT2D eigenvalue weighted by molar-refractivity contribution is 5.86. The van der Waals surface area contributed by atoms with Crippen molar-refractivity contribution in [1.82, 2.24) is 5.32 Å². The van der Waals surface area contributed by atoms with E-state index in [1.54, 1.807) is 18.2 Å². The summed E-state index contributed by atoms with van der Waals surface area (Å²) < 4.78 is 5.43. The maximum absolute atomic E-state index is 11.8. The third kappa shape index (κ3) is 4.55. The van der Waals surface area contributed by atoms with E-state index in [0.29, 0.717) is 5.75 Å². The zero-order chi connectivity index (χ0) is 15.3. The Balaban J connectivity index is 2.65. The molecule has 0 radical (unpaired) electrons. The molecule has 3 atom stereocenters. The first kappa shape index (κ1) is 16.0. The summed E-state index contributed by atoms with van der Waals surface area (Å²) >= 11 is 0. The van der Waals surface area contributed by atoms with Crippen LogP contribution in [0.25, 0.3) is 0 Å². The molecule has 0 aromatic heterocycles. The number of carboxylic acid groups (broad SMARTS) is 1. The fourth-order valence-electron chi connectivity index (χ4n) is 1.61. The van der Waals surface area contributed by atoms with Crippen LogP contribution in [0.5, 0.6) is 5.75 Å². The minimum Gasteiger partial charge on any atom is -0.481 e. The summed E-state index contributed by atoms with van der Waals surface area (Å²) in [5, 5.41) is 20.4. The van der Waals surface area contributed by atoms with Gasteiger partial charge < -0.3 is 20.3 Å². The Morgan fingerprint density at radius 3 is 2.45 bits per heavy atom. The summed E-state index contributed by atoms with van der Waals surface area (Å²) in [6.07, 6.45) is -2.06. The second kappa shape index (κ2) is 6.91.